The SMILES string of the molecule is O=C(CCS)NCCCCCCNC(=O)CCCCCNC(=O)CCN1C(=O)C=CC1=O. The van der Waals surface area contributed by atoms with Gasteiger partial charge in [-0.1, -0.05) is 19.3 Å². The van der Waals surface area contributed by atoms with Gasteiger partial charge in [0.1, 0.15) is 0 Å². The summed E-state index contributed by atoms with van der Waals surface area (Å²) in [6.45, 7) is 1.95. The quantitative estimate of drug-likeness (QED) is 0.136. The summed E-state index contributed by atoms with van der Waals surface area (Å²) >= 11 is 4.02. The lowest BCUT2D eigenvalue weighted by atomic mass is 10.1. The van der Waals surface area contributed by atoms with E-state index in [1.807, 2.05) is 0 Å². The molecule has 180 valence electrons. The van der Waals surface area contributed by atoms with Gasteiger partial charge < -0.3 is 16.0 Å². The van der Waals surface area contributed by atoms with Gasteiger partial charge in [0.2, 0.25) is 17.7 Å². The van der Waals surface area contributed by atoms with Crippen molar-refractivity contribution in [2.24, 2.45) is 0 Å². The molecule has 1 heterocycles. The molecule has 0 radical (unpaired) electrons. The summed E-state index contributed by atoms with van der Waals surface area (Å²) in [5, 5.41) is 8.53. The lowest BCUT2D eigenvalue weighted by Gasteiger charge is -2.13. The van der Waals surface area contributed by atoms with E-state index in [0.717, 1.165) is 49.8 Å². The Hall–Kier alpha value is -2.36. The summed E-state index contributed by atoms with van der Waals surface area (Å²) in [5.74, 6) is -0.316. The van der Waals surface area contributed by atoms with Crippen molar-refractivity contribution in [2.75, 3.05) is 31.9 Å². The predicted molar refractivity (Wildman–Crippen MR) is 125 cm³/mol. The molecule has 0 saturated carbocycles. The van der Waals surface area contributed by atoms with E-state index in [4.69, 9.17) is 0 Å². The minimum atomic E-state index is -0.383. The van der Waals surface area contributed by atoms with Gasteiger partial charge in [-0.05, 0) is 31.4 Å². The fourth-order valence-corrected chi connectivity index (χ4v) is 3.31. The molecule has 32 heavy (non-hydrogen) atoms. The number of nitrogens with one attached hydrogen (secondary N) is 3. The summed E-state index contributed by atoms with van der Waals surface area (Å²) in [5.41, 5.74) is 0. The van der Waals surface area contributed by atoms with Crippen LogP contribution < -0.4 is 16.0 Å². The largest absolute Gasteiger partial charge is 0.356 e. The lowest BCUT2D eigenvalue weighted by molar-refractivity contribution is -0.137. The lowest BCUT2D eigenvalue weighted by Crippen LogP contribution is -2.34. The van der Waals surface area contributed by atoms with Crippen LogP contribution in [0.25, 0.3) is 0 Å². The fraction of sp³-hybridized carbons (Fsp3) is 0.682. The van der Waals surface area contributed by atoms with Crippen LogP contribution in [0.15, 0.2) is 12.2 Å². The summed E-state index contributed by atoms with van der Waals surface area (Å²) in [6, 6.07) is 0. The molecule has 0 saturated heterocycles. The molecule has 5 amide bonds. The van der Waals surface area contributed by atoms with Crippen LogP contribution in [0.3, 0.4) is 0 Å². The van der Waals surface area contributed by atoms with Gasteiger partial charge in [0.05, 0.1) is 0 Å². The molecule has 10 heteroatoms. The number of hydrogen-bond acceptors (Lipinski definition) is 6. The van der Waals surface area contributed by atoms with E-state index >= 15 is 0 Å². The summed E-state index contributed by atoms with van der Waals surface area (Å²) in [7, 11) is 0. The molecular formula is C22H36N4O5S. The molecule has 0 unspecified atom stereocenters. The first-order valence-corrected chi connectivity index (χ1v) is 12.0. The van der Waals surface area contributed by atoms with Crippen LogP contribution in [0, 0.1) is 0 Å². The maximum Gasteiger partial charge on any atom is 0.253 e. The van der Waals surface area contributed by atoms with Crippen molar-refractivity contribution < 1.29 is 24.0 Å². The van der Waals surface area contributed by atoms with E-state index in [2.05, 4.69) is 28.6 Å². The standard InChI is InChI=1S/C22H36N4O5S/c27-18(23-13-5-1-2-6-14-25-20(29)12-17-32)8-4-3-7-15-24-19(28)11-16-26-21(30)9-10-22(26)31/h9-10,32H,1-8,11-17H2,(H,23,27)(H,24,28)(H,25,29). The van der Waals surface area contributed by atoms with Crippen molar-refractivity contribution >= 4 is 42.2 Å². The molecule has 0 aromatic carbocycles. The second-order valence-electron chi connectivity index (χ2n) is 7.66. The van der Waals surface area contributed by atoms with Crippen LogP contribution in [0.2, 0.25) is 0 Å². The molecule has 0 bridgehead atoms. The Bertz CT molecular complexity index is 651. The number of carbonyl (C=O) groups excluding carboxylic acids is 5. The molecule has 1 aliphatic rings. The number of hydrogen-bond donors (Lipinski definition) is 4. The molecule has 3 N–H and O–H groups in total. The maximum atomic E-state index is 11.8. The number of imide groups is 1. The third kappa shape index (κ3) is 13.1. The van der Waals surface area contributed by atoms with Gasteiger partial charge in [-0.25, -0.2) is 0 Å². The highest BCUT2D eigenvalue weighted by atomic mass is 32.1. The average Bonchev–Trinajstić information content (AvgIpc) is 3.08. The van der Waals surface area contributed by atoms with Crippen molar-refractivity contribution in [3.63, 3.8) is 0 Å². The monoisotopic (exact) mass is 468 g/mol. The molecule has 0 aromatic rings. The van der Waals surface area contributed by atoms with Gasteiger partial charge in [0.25, 0.3) is 11.8 Å². The maximum absolute atomic E-state index is 11.8. The zero-order valence-corrected chi connectivity index (χ0v) is 19.6. The highest BCUT2D eigenvalue weighted by Gasteiger charge is 2.23. The normalized spacial score (nSPS) is 12.8. The smallest absolute Gasteiger partial charge is 0.253 e. The van der Waals surface area contributed by atoms with Crippen molar-refractivity contribution in [3.8, 4) is 0 Å². The number of thiol groups is 1. The first kappa shape index (κ1) is 27.7. The Kier molecular flexibility index (Phi) is 14.9. The highest BCUT2D eigenvalue weighted by Crippen LogP contribution is 2.04. The minimum Gasteiger partial charge on any atom is -0.356 e. The number of rotatable bonds is 18. The van der Waals surface area contributed by atoms with Crippen LogP contribution in [-0.4, -0.2) is 66.4 Å². The van der Waals surface area contributed by atoms with E-state index in [1.54, 1.807) is 0 Å². The molecule has 1 aliphatic heterocycles. The molecule has 0 aromatic heterocycles. The predicted octanol–water partition coefficient (Wildman–Crippen LogP) is 1.09. The number of unbranched alkanes of at least 4 members (excludes halogenated alkanes) is 5. The number of carbonyl (C=O) groups is 5. The van der Waals surface area contributed by atoms with Crippen molar-refractivity contribution in [2.45, 2.75) is 64.2 Å². The van der Waals surface area contributed by atoms with Crippen LogP contribution in [-0.2, 0) is 24.0 Å². The van der Waals surface area contributed by atoms with Crippen molar-refractivity contribution in [3.05, 3.63) is 12.2 Å². The second-order valence-corrected chi connectivity index (χ2v) is 8.11. The fourth-order valence-electron chi connectivity index (χ4n) is 3.11. The van der Waals surface area contributed by atoms with E-state index in [1.165, 1.54) is 12.2 Å². The molecular weight excluding hydrogens is 432 g/mol. The summed E-state index contributed by atoms with van der Waals surface area (Å²) < 4.78 is 0. The molecule has 9 nitrogen and oxygen atoms in total. The number of amides is 5. The van der Waals surface area contributed by atoms with Crippen LogP contribution in [0.4, 0.5) is 0 Å². The Labute approximate surface area is 195 Å². The van der Waals surface area contributed by atoms with Gasteiger partial charge in [-0.15, -0.1) is 0 Å². The van der Waals surface area contributed by atoms with Crippen molar-refractivity contribution in [1.82, 2.24) is 20.9 Å². The van der Waals surface area contributed by atoms with Gasteiger partial charge in [-0.3, -0.25) is 28.9 Å². The van der Waals surface area contributed by atoms with E-state index in [9.17, 15) is 24.0 Å². The Morgan fingerprint density at radius 2 is 1.09 bits per heavy atom. The Morgan fingerprint density at radius 1 is 0.656 bits per heavy atom. The summed E-state index contributed by atoms with van der Waals surface area (Å²) in [4.78, 5) is 58.7. The molecule has 0 atom stereocenters. The third-order valence-electron chi connectivity index (χ3n) is 4.95. The molecule has 0 fully saturated rings. The van der Waals surface area contributed by atoms with E-state index in [-0.39, 0.29) is 42.5 Å². The Morgan fingerprint density at radius 3 is 1.59 bits per heavy atom. The first-order valence-electron chi connectivity index (χ1n) is 11.4. The zero-order chi connectivity index (χ0) is 23.6. The topological polar surface area (TPSA) is 125 Å². The van der Waals surface area contributed by atoms with Crippen LogP contribution in [0.1, 0.15) is 64.2 Å². The van der Waals surface area contributed by atoms with Crippen LogP contribution in [0.5, 0.6) is 0 Å². The highest BCUT2D eigenvalue weighted by molar-refractivity contribution is 7.80. The summed E-state index contributed by atoms with van der Waals surface area (Å²) in [6.07, 6.45) is 9.67. The first-order chi connectivity index (χ1) is 15.4. The van der Waals surface area contributed by atoms with E-state index in [0.29, 0.717) is 38.2 Å². The zero-order valence-electron chi connectivity index (χ0n) is 18.7. The average molecular weight is 469 g/mol. The Balaban J connectivity index is 1.87. The molecule has 1 rings (SSSR count). The van der Waals surface area contributed by atoms with Gasteiger partial charge >= 0.3 is 0 Å². The minimum absolute atomic E-state index is 0.0420. The molecule has 0 aliphatic carbocycles. The van der Waals surface area contributed by atoms with Gasteiger partial charge in [0.15, 0.2) is 0 Å². The third-order valence-corrected chi connectivity index (χ3v) is 5.18. The number of nitrogens with zero attached hydrogens (tertiary/aromatic N) is 1. The van der Waals surface area contributed by atoms with Crippen LogP contribution >= 0.6 is 12.6 Å². The molecule has 0 spiro atoms. The van der Waals surface area contributed by atoms with E-state index < -0.39 is 0 Å². The van der Waals surface area contributed by atoms with Crippen molar-refractivity contribution in [1.29, 1.82) is 0 Å². The van der Waals surface area contributed by atoms with Gasteiger partial charge in [-0.2, -0.15) is 12.6 Å². The second kappa shape index (κ2) is 17.2. The van der Waals surface area contributed by atoms with Gasteiger partial charge in [0, 0.05) is 57.6 Å².